The molecule has 0 N–H and O–H groups in total. The van der Waals surface area contributed by atoms with Crippen LogP contribution in [0, 0.1) is 11.3 Å². The number of hydrogen-bond acceptors (Lipinski definition) is 5. The SMILES string of the molecule is N#Cc1ccc(C2=NO[C@H]3CC(=O)O[C@@H]23)cc1. The number of fused-ring (bicyclic) bond motifs is 1. The van der Waals surface area contributed by atoms with Crippen LogP contribution in [0.3, 0.4) is 0 Å². The van der Waals surface area contributed by atoms with Crippen LogP contribution in [-0.2, 0) is 14.4 Å². The maximum absolute atomic E-state index is 11.1. The summed E-state index contributed by atoms with van der Waals surface area (Å²) in [7, 11) is 0. The lowest BCUT2D eigenvalue weighted by atomic mass is 10.0. The number of esters is 1. The second-order valence-electron chi connectivity index (χ2n) is 3.92. The maximum atomic E-state index is 11.1. The highest BCUT2D eigenvalue weighted by Gasteiger charge is 2.45. The van der Waals surface area contributed by atoms with Crippen LogP contribution >= 0.6 is 0 Å². The number of ether oxygens (including phenoxy) is 1. The molecule has 5 nitrogen and oxygen atoms in total. The van der Waals surface area contributed by atoms with Crippen molar-refractivity contribution in [3.8, 4) is 6.07 Å². The topological polar surface area (TPSA) is 71.7 Å². The van der Waals surface area contributed by atoms with Crippen LogP contribution in [0.1, 0.15) is 17.5 Å². The Labute approximate surface area is 97.2 Å². The normalized spacial score (nSPS) is 25.6. The van der Waals surface area contributed by atoms with E-state index in [1.165, 1.54) is 0 Å². The summed E-state index contributed by atoms with van der Waals surface area (Å²) in [5.41, 5.74) is 2.00. The molecule has 0 unspecified atom stereocenters. The van der Waals surface area contributed by atoms with Crippen LogP contribution in [-0.4, -0.2) is 23.9 Å². The fourth-order valence-corrected chi connectivity index (χ4v) is 1.97. The van der Waals surface area contributed by atoms with Crippen LogP contribution in [0.5, 0.6) is 0 Å². The van der Waals surface area contributed by atoms with Gasteiger partial charge in [-0.15, -0.1) is 0 Å². The Morgan fingerprint density at radius 1 is 1.35 bits per heavy atom. The van der Waals surface area contributed by atoms with Gasteiger partial charge in [0.05, 0.1) is 18.1 Å². The van der Waals surface area contributed by atoms with Crippen molar-refractivity contribution in [1.29, 1.82) is 5.26 Å². The minimum atomic E-state index is -0.407. The molecule has 0 aromatic heterocycles. The minimum absolute atomic E-state index is 0.244. The van der Waals surface area contributed by atoms with E-state index in [9.17, 15) is 4.79 Å². The van der Waals surface area contributed by atoms with E-state index >= 15 is 0 Å². The van der Waals surface area contributed by atoms with Crippen molar-refractivity contribution in [1.82, 2.24) is 0 Å². The summed E-state index contributed by atoms with van der Waals surface area (Å²) >= 11 is 0. The molecular weight excluding hydrogens is 220 g/mol. The number of benzene rings is 1. The van der Waals surface area contributed by atoms with Gasteiger partial charge < -0.3 is 9.57 Å². The van der Waals surface area contributed by atoms with Gasteiger partial charge >= 0.3 is 5.97 Å². The zero-order chi connectivity index (χ0) is 11.8. The first-order valence-corrected chi connectivity index (χ1v) is 5.21. The summed E-state index contributed by atoms with van der Waals surface area (Å²) in [6, 6.07) is 8.98. The van der Waals surface area contributed by atoms with Crippen LogP contribution < -0.4 is 0 Å². The van der Waals surface area contributed by atoms with Crippen LogP contribution in [0.25, 0.3) is 0 Å². The fraction of sp³-hybridized carbons (Fsp3) is 0.250. The number of nitrogens with zero attached hydrogens (tertiary/aromatic N) is 2. The highest BCUT2D eigenvalue weighted by atomic mass is 16.7. The van der Waals surface area contributed by atoms with Gasteiger partial charge in [-0.1, -0.05) is 17.3 Å². The quantitative estimate of drug-likeness (QED) is 0.671. The predicted octanol–water partition coefficient (Wildman–Crippen LogP) is 0.977. The number of rotatable bonds is 1. The zero-order valence-electron chi connectivity index (χ0n) is 8.79. The van der Waals surface area contributed by atoms with Crippen molar-refractivity contribution in [2.24, 2.45) is 5.16 Å². The van der Waals surface area contributed by atoms with Crippen molar-refractivity contribution in [3.05, 3.63) is 35.4 Å². The third kappa shape index (κ3) is 1.54. The Morgan fingerprint density at radius 3 is 2.82 bits per heavy atom. The molecule has 1 fully saturated rings. The third-order valence-corrected chi connectivity index (χ3v) is 2.83. The standard InChI is InChI=1S/C12H8N2O3/c13-6-7-1-3-8(4-2-7)11-12-9(17-14-11)5-10(15)16-12/h1-4,9,12H,5H2/t9-,12+/m0/s1. The fourth-order valence-electron chi connectivity index (χ4n) is 1.97. The average molecular weight is 228 g/mol. The van der Waals surface area contributed by atoms with Crippen LogP contribution in [0.4, 0.5) is 0 Å². The number of nitriles is 1. The Kier molecular flexibility index (Phi) is 2.08. The summed E-state index contributed by atoms with van der Waals surface area (Å²) in [6.45, 7) is 0. The smallest absolute Gasteiger partial charge is 0.310 e. The van der Waals surface area contributed by atoms with Crippen LogP contribution in [0.2, 0.25) is 0 Å². The van der Waals surface area contributed by atoms with E-state index in [0.717, 1.165) is 5.56 Å². The monoisotopic (exact) mass is 228 g/mol. The van der Waals surface area contributed by atoms with Gasteiger partial charge in [-0.2, -0.15) is 5.26 Å². The van der Waals surface area contributed by atoms with Crippen molar-refractivity contribution in [2.45, 2.75) is 18.6 Å². The minimum Gasteiger partial charge on any atom is -0.451 e. The lowest BCUT2D eigenvalue weighted by molar-refractivity contribution is -0.139. The zero-order valence-corrected chi connectivity index (χ0v) is 8.79. The van der Waals surface area contributed by atoms with Gasteiger partial charge in [-0.05, 0) is 12.1 Å². The summed E-state index contributed by atoms with van der Waals surface area (Å²) in [5.74, 6) is -0.263. The first-order valence-electron chi connectivity index (χ1n) is 5.21. The van der Waals surface area contributed by atoms with Gasteiger partial charge in [0.1, 0.15) is 5.71 Å². The molecule has 0 amide bonds. The van der Waals surface area contributed by atoms with Gasteiger partial charge in [0.25, 0.3) is 0 Å². The molecule has 1 saturated heterocycles. The molecule has 0 spiro atoms. The Bertz CT molecular complexity index is 542. The molecule has 0 bridgehead atoms. The first kappa shape index (κ1) is 9.85. The predicted molar refractivity (Wildman–Crippen MR) is 57.1 cm³/mol. The molecule has 84 valence electrons. The molecule has 3 rings (SSSR count). The molecule has 2 aliphatic rings. The molecule has 1 aromatic carbocycles. The lowest BCUT2D eigenvalue weighted by Crippen LogP contribution is -2.25. The van der Waals surface area contributed by atoms with Gasteiger partial charge in [0, 0.05) is 5.56 Å². The van der Waals surface area contributed by atoms with Gasteiger partial charge in [-0.25, -0.2) is 0 Å². The Balaban J connectivity index is 1.90. The van der Waals surface area contributed by atoms with Crippen LogP contribution in [0.15, 0.2) is 29.4 Å². The molecule has 2 aliphatic heterocycles. The molecule has 0 aliphatic carbocycles. The van der Waals surface area contributed by atoms with Crippen molar-refractivity contribution >= 4 is 11.7 Å². The average Bonchev–Trinajstić information content (AvgIpc) is 2.88. The Morgan fingerprint density at radius 2 is 2.12 bits per heavy atom. The van der Waals surface area contributed by atoms with E-state index in [2.05, 4.69) is 5.16 Å². The first-order chi connectivity index (χ1) is 8.28. The number of hydrogen-bond donors (Lipinski definition) is 0. The maximum Gasteiger partial charge on any atom is 0.310 e. The molecule has 5 heteroatoms. The van der Waals surface area contributed by atoms with E-state index in [4.69, 9.17) is 14.8 Å². The van der Waals surface area contributed by atoms with Crippen molar-refractivity contribution in [3.63, 3.8) is 0 Å². The number of oxime groups is 1. The summed E-state index contributed by atoms with van der Waals surface area (Å²) in [5, 5.41) is 12.6. The van der Waals surface area contributed by atoms with E-state index in [0.29, 0.717) is 11.3 Å². The van der Waals surface area contributed by atoms with E-state index in [-0.39, 0.29) is 18.5 Å². The molecule has 2 heterocycles. The summed E-state index contributed by atoms with van der Waals surface area (Å²) in [6.07, 6.45) is -0.461. The molecule has 17 heavy (non-hydrogen) atoms. The van der Waals surface area contributed by atoms with E-state index in [1.54, 1.807) is 24.3 Å². The third-order valence-electron chi connectivity index (χ3n) is 2.83. The summed E-state index contributed by atoms with van der Waals surface area (Å²) in [4.78, 5) is 16.3. The van der Waals surface area contributed by atoms with Gasteiger partial charge in [-0.3, -0.25) is 4.79 Å². The number of carbonyl (C=O) groups is 1. The van der Waals surface area contributed by atoms with Gasteiger partial charge in [0.15, 0.2) is 12.2 Å². The Hall–Kier alpha value is -2.35. The van der Waals surface area contributed by atoms with Gasteiger partial charge in [0.2, 0.25) is 0 Å². The lowest BCUT2D eigenvalue weighted by Gasteiger charge is -2.07. The van der Waals surface area contributed by atoms with E-state index in [1.807, 2.05) is 6.07 Å². The molecule has 0 saturated carbocycles. The second kappa shape index (κ2) is 3.59. The highest BCUT2D eigenvalue weighted by Crippen LogP contribution is 2.28. The molecular formula is C12H8N2O3. The number of carbonyl (C=O) groups excluding carboxylic acids is 1. The highest BCUT2D eigenvalue weighted by molar-refractivity contribution is 6.06. The second-order valence-corrected chi connectivity index (χ2v) is 3.92. The molecule has 0 radical (unpaired) electrons. The van der Waals surface area contributed by atoms with Crippen molar-refractivity contribution < 1.29 is 14.4 Å². The van der Waals surface area contributed by atoms with Crippen molar-refractivity contribution in [2.75, 3.05) is 0 Å². The summed E-state index contributed by atoms with van der Waals surface area (Å²) < 4.78 is 5.15. The van der Waals surface area contributed by atoms with E-state index < -0.39 is 6.10 Å². The molecule has 2 atom stereocenters. The largest absolute Gasteiger partial charge is 0.451 e. The molecule has 1 aromatic rings.